The number of nitrogens with zero attached hydrogens (tertiary/aromatic N) is 10. The van der Waals surface area contributed by atoms with E-state index in [9.17, 15) is 22.8 Å². The molecule has 4 amide bonds. The highest BCUT2D eigenvalue weighted by molar-refractivity contribution is 5.85. The molecule has 3 unspecified atom stereocenters. The van der Waals surface area contributed by atoms with E-state index in [0.717, 1.165) is 94.5 Å². The van der Waals surface area contributed by atoms with Crippen LogP contribution in [-0.4, -0.2) is 117 Å². The summed E-state index contributed by atoms with van der Waals surface area (Å²) in [6.07, 6.45) is 8.51. The molecular weight excluding hydrogens is 960 g/mol. The molecule has 2 bridgehead atoms. The lowest BCUT2D eigenvalue weighted by Gasteiger charge is -2.41. The van der Waals surface area contributed by atoms with Crippen LogP contribution < -0.4 is 10.6 Å². The minimum Gasteiger partial charge on any atom is -0.439 e. The first-order valence-electron chi connectivity index (χ1n) is 26.3. The van der Waals surface area contributed by atoms with Gasteiger partial charge in [0.2, 0.25) is 5.89 Å². The molecule has 3 saturated heterocycles. The Labute approximate surface area is 430 Å². The number of aryl methyl sites for hydroxylation is 1. The summed E-state index contributed by atoms with van der Waals surface area (Å²) in [6, 6.07) is 23.0. The van der Waals surface area contributed by atoms with Gasteiger partial charge in [0.25, 0.3) is 0 Å². The molecule has 5 aliphatic rings. The maximum absolute atomic E-state index is 14.8. The van der Waals surface area contributed by atoms with Crippen molar-refractivity contribution in [3.8, 4) is 22.5 Å². The van der Waals surface area contributed by atoms with Gasteiger partial charge in [0.05, 0.1) is 36.2 Å². The first kappa shape index (κ1) is 47.2. The second-order valence-electron chi connectivity index (χ2n) is 21.1. The summed E-state index contributed by atoms with van der Waals surface area (Å²) < 4.78 is 53.9. The molecule has 0 radical (unpaired) electrons. The Bertz CT molecular complexity index is 3470. The molecule has 8 aromatic rings. The number of urea groups is 2. The molecule has 9 heterocycles. The van der Waals surface area contributed by atoms with Crippen LogP contribution in [0, 0.1) is 17.5 Å². The molecular formula is C56H58F3N13O3. The van der Waals surface area contributed by atoms with E-state index < -0.39 is 11.6 Å². The highest BCUT2D eigenvalue weighted by Gasteiger charge is 2.44. The average Bonchev–Trinajstić information content (AvgIpc) is 4.27. The van der Waals surface area contributed by atoms with Crippen LogP contribution in [0.5, 0.6) is 0 Å². The molecule has 3 N–H and O–H groups in total. The number of benzene rings is 4. The molecule has 5 aliphatic heterocycles. The number of piperidine rings is 2. The monoisotopic (exact) mass is 1020 g/mol. The standard InChI is InChI=1S/C56H58F3N13O3/c1-67-48-16-11-33(24-36(48)26-60-67)54-41-31-70(56(74)63-46-15-13-38-14-17-50(46)71(38)27-35-6-2-3-8-42(35)57)23-20-49(41)72(66-54)32-52-62-47-25-34(12-18-51(47)75-52)53-40-30-69(22-19-45(40)64-65-53)55(73)61-37-7-5-21-68(28-37)29-39-43(58)9-4-10-44(39)59/h2-4,6,8-12,16,18,24-26,37-38,46,50H,5,7,13-15,17,19-23,27-32H2,1H3,(H,61,73)(H,63,74)(H,64,65)/t37-,38?,46?,50?/m1/s1. The lowest BCUT2D eigenvalue weighted by atomic mass is 9.96. The number of likely N-dealkylation sites (tertiary alicyclic amines) is 1. The largest absolute Gasteiger partial charge is 0.439 e. The van der Waals surface area contributed by atoms with Crippen LogP contribution in [0.15, 0.2) is 89.5 Å². The number of amides is 4. The number of halogens is 3. The molecule has 13 rings (SSSR count). The second-order valence-corrected chi connectivity index (χ2v) is 21.1. The van der Waals surface area contributed by atoms with E-state index in [1.807, 2.05) is 62.7 Å². The van der Waals surface area contributed by atoms with Gasteiger partial charge in [-0.05, 0) is 93.6 Å². The zero-order chi connectivity index (χ0) is 50.9. The highest BCUT2D eigenvalue weighted by atomic mass is 19.1. The zero-order valence-electron chi connectivity index (χ0n) is 41.7. The van der Waals surface area contributed by atoms with Crippen LogP contribution in [0.1, 0.15) is 78.1 Å². The summed E-state index contributed by atoms with van der Waals surface area (Å²) in [4.78, 5) is 41.2. The van der Waals surface area contributed by atoms with Gasteiger partial charge in [-0.3, -0.25) is 24.3 Å². The molecule has 386 valence electrons. The quantitative estimate of drug-likeness (QED) is 0.122. The van der Waals surface area contributed by atoms with Gasteiger partial charge in [0.1, 0.15) is 29.5 Å². The van der Waals surface area contributed by atoms with Gasteiger partial charge in [-0.2, -0.15) is 15.3 Å². The third-order valence-corrected chi connectivity index (χ3v) is 16.5. The van der Waals surface area contributed by atoms with Crippen LogP contribution >= 0.6 is 0 Å². The molecule has 4 aromatic carbocycles. The second kappa shape index (κ2) is 19.3. The van der Waals surface area contributed by atoms with Gasteiger partial charge in [0, 0.05) is 127 Å². The summed E-state index contributed by atoms with van der Waals surface area (Å²) in [6.45, 7) is 3.93. The summed E-state index contributed by atoms with van der Waals surface area (Å²) >= 11 is 0. The van der Waals surface area contributed by atoms with Gasteiger partial charge in [-0.15, -0.1) is 0 Å². The van der Waals surface area contributed by atoms with Crippen molar-refractivity contribution in [2.45, 2.75) is 108 Å². The Morgan fingerprint density at radius 3 is 2.41 bits per heavy atom. The van der Waals surface area contributed by atoms with Crippen molar-refractivity contribution in [3.63, 3.8) is 0 Å². The van der Waals surface area contributed by atoms with E-state index in [4.69, 9.17) is 19.6 Å². The maximum Gasteiger partial charge on any atom is 0.317 e. The number of rotatable bonds is 10. The van der Waals surface area contributed by atoms with Gasteiger partial charge in [0.15, 0.2) is 5.58 Å². The number of aromatic nitrogens is 7. The van der Waals surface area contributed by atoms with Crippen LogP contribution in [0.2, 0.25) is 0 Å². The first-order valence-corrected chi connectivity index (χ1v) is 26.3. The summed E-state index contributed by atoms with van der Waals surface area (Å²) in [5.41, 5.74) is 10.2. The van der Waals surface area contributed by atoms with E-state index in [0.29, 0.717) is 87.3 Å². The Balaban J connectivity index is 0.712. The number of carbonyl (C=O) groups is 2. The molecule has 4 aromatic heterocycles. The number of oxazole rings is 1. The SMILES string of the molecule is Cn1ncc2cc(-c3nn(Cc4nc5cc(-c6n[nH]c7c6CN(C(=O)N[C@@H]6CCCN(Cc8c(F)cccc8F)C6)CC7)ccc5o4)c4c3CN(C(=O)NC3CCC5CCC3N5Cc3ccccc3F)CC4)ccc21. The fourth-order valence-electron chi connectivity index (χ4n) is 12.6. The fraction of sp³-hybridized carbons (Fsp3) is 0.393. The third-order valence-electron chi connectivity index (χ3n) is 16.5. The minimum atomic E-state index is -0.561. The minimum absolute atomic E-state index is 0.0331. The number of H-pyrrole nitrogens is 1. The molecule has 19 heteroatoms. The Morgan fingerprint density at radius 1 is 0.773 bits per heavy atom. The van der Waals surface area contributed by atoms with Crippen molar-refractivity contribution in [2.24, 2.45) is 7.05 Å². The summed E-state index contributed by atoms with van der Waals surface area (Å²) in [5, 5.41) is 25.3. The van der Waals surface area contributed by atoms with E-state index in [2.05, 4.69) is 43.9 Å². The Kier molecular flexibility index (Phi) is 12.2. The number of fused-ring (bicyclic) bond motifs is 6. The number of hydrogen-bond donors (Lipinski definition) is 3. The topological polar surface area (TPSA) is 162 Å². The van der Waals surface area contributed by atoms with Crippen molar-refractivity contribution in [1.29, 1.82) is 0 Å². The Hall–Kier alpha value is -7.51. The van der Waals surface area contributed by atoms with Crippen LogP contribution in [-0.2, 0) is 52.6 Å². The average molecular weight is 1020 g/mol. The van der Waals surface area contributed by atoms with E-state index >= 15 is 0 Å². The van der Waals surface area contributed by atoms with Crippen LogP contribution in [0.3, 0.4) is 0 Å². The van der Waals surface area contributed by atoms with Gasteiger partial charge >= 0.3 is 12.1 Å². The van der Waals surface area contributed by atoms with Gasteiger partial charge in [-0.1, -0.05) is 30.3 Å². The third kappa shape index (κ3) is 8.98. The van der Waals surface area contributed by atoms with Crippen molar-refractivity contribution in [2.75, 3.05) is 26.2 Å². The maximum atomic E-state index is 14.8. The molecule has 75 heavy (non-hydrogen) atoms. The van der Waals surface area contributed by atoms with Crippen molar-refractivity contribution in [1.82, 2.24) is 65.0 Å². The fourth-order valence-corrected chi connectivity index (χ4v) is 12.6. The van der Waals surface area contributed by atoms with Crippen LogP contribution in [0.4, 0.5) is 22.8 Å². The predicted molar refractivity (Wildman–Crippen MR) is 274 cm³/mol. The molecule has 16 nitrogen and oxygen atoms in total. The lowest BCUT2D eigenvalue weighted by Crippen LogP contribution is -2.56. The first-order chi connectivity index (χ1) is 36.6. The highest BCUT2D eigenvalue weighted by Crippen LogP contribution is 2.39. The van der Waals surface area contributed by atoms with Gasteiger partial charge < -0.3 is 24.9 Å². The number of hydrogen-bond acceptors (Lipinski definition) is 9. The Morgan fingerprint density at radius 2 is 1.55 bits per heavy atom. The number of carbonyl (C=O) groups excluding carboxylic acids is 2. The lowest BCUT2D eigenvalue weighted by molar-refractivity contribution is 0.0974. The van der Waals surface area contributed by atoms with Crippen molar-refractivity contribution < 1.29 is 27.2 Å². The van der Waals surface area contributed by atoms with E-state index in [1.165, 1.54) is 24.3 Å². The number of aromatic amines is 1. The summed E-state index contributed by atoms with van der Waals surface area (Å²) in [5.74, 6) is -0.825. The predicted octanol–water partition coefficient (Wildman–Crippen LogP) is 8.43. The molecule has 0 spiro atoms. The molecule has 3 fully saturated rings. The molecule has 0 saturated carbocycles. The molecule has 4 atom stereocenters. The summed E-state index contributed by atoms with van der Waals surface area (Å²) in [7, 11) is 1.92. The van der Waals surface area contributed by atoms with Crippen molar-refractivity contribution in [3.05, 3.63) is 142 Å². The van der Waals surface area contributed by atoms with Gasteiger partial charge in [-0.25, -0.2) is 27.7 Å². The van der Waals surface area contributed by atoms with Crippen LogP contribution in [0.25, 0.3) is 44.5 Å². The zero-order valence-corrected chi connectivity index (χ0v) is 41.7. The smallest absolute Gasteiger partial charge is 0.317 e. The number of nitrogens with one attached hydrogen (secondary N) is 3. The normalized spacial score (nSPS) is 21.0. The van der Waals surface area contributed by atoms with E-state index in [-0.39, 0.29) is 54.7 Å². The van der Waals surface area contributed by atoms with Crippen molar-refractivity contribution >= 4 is 34.1 Å². The molecule has 0 aliphatic carbocycles. The van der Waals surface area contributed by atoms with E-state index in [1.54, 1.807) is 11.0 Å².